The van der Waals surface area contributed by atoms with Crippen LogP contribution >= 0.6 is 0 Å². The fourth-order valence-electron chi connectivity index (χ4n) is 2.13. The van der Waals surface area contributed by atoms with Crippen molar-refractivity contribution in [2.24, 2.45) is 0 Å². The number of aryl methyl sites for hydroxylation is 1. The minimum absolute atomic E-state index is 0.123. The standard InChI is InChI=1S/C9H13N3O4/c13-9-12-7(5-6-11(14)15)3-1-2-4-8(12)10-16-9/h7H,1-6H2. The Balaban J connectivity index is 2.21. The maximum absolute atomic E-state index is 11.4. The summed E-state index contributed by atoms with van der Waals surface area (Å²) >= 11 is 0. The Labute approximate surface area is 91.2 Å². The number of nitro groups is 1. The molecule has 88 valence electrons. The van der Waals surface area contributed by atoms with E-state index in [4.69, 9.17) is 0 Å². The second-order valence-corrected chi connectivity index (χ2v) is 3.98. The van der Waals surface area contributed by atoms with Crippen LogP contribution in [0, 0.1) is 10.1 Å². The summed E-state index contributed by atoms with van der Waals surface area (Å²) in [7, 11) is 0. The topological polar surface area (TPSA) is 91.2 Å². The Hall–Kier alpha value is -1.66. The van der Waals surface area contributed by atoms with Crippen LogP contribution in [0.3, 0.4) is 0 Å². The van der Waals surface area contributed by atoms with Gasteiger partial charge in [-0.15, -0.1) is 0 Å². The van der Waals surface area contributed by atoms with Crippen LogP contribution in [0.1, 0.15) is 37.5 Å². The van der Waals surface area contributed by atoms with Crippen LogP contribution in [-0.2, 0) is 6.42 Å². The lowest BCUT2D eigenvalue weighted by atomic mass is 10.1. The van der Waals surface area contributed by atoms with Gasteiger partial charge in [0, 0.05) is 23.8 Å². The van der Waals surface area contributed by atoms with Gasteiger partial charge in [-0.3, -0.25) is 19.2 Å². The first-order valence-corrected chi connectivity index (χ1v) is 5.37. The number of aromatic nitrogens is 2. The first-order valence-electron chi connectivity index (χ1n) is 5.37. The summed E-state index contributed by atoms with van der Waals surface area (Å²) in [5, 5.41) is 14.0. The van der Waals surface area contributed by atoms with Crippen molar-refractivity contribution in [3.05, 3.63) is 26.5 Å². The van der Waals surface area contributed by atoms with Gasteiger partial charge in [-0.05, 0) is 12.8 Å². The van der Waals surface area contributed by atoms with Gasteiger partial charge in [0.2, 0.25) is 6.54 Å². The Morgan fingerprint density at radius 1 is 1.56 bits per heavy atom. The molecule has 0 aliphatic carbocycles. The van der Waals surface area contributed by atoms with Crippen LogP contribution in [0.4, 0.5) is 0 Å². The maximum Gasteiger partial charge on any atom is 0.441 e. The van der Waals surface area contributed by atoms with Crippen LogP contribution in [0.15, 0.2) is 9.32 Å². The van der Waals surface area contributed by atoms with E-state index in [9.17, 15) is 14.9 Å². The zero-order valence-corrected chi connectivity index (χ0v) is 8.79. The van der Waals surface area contributed by atoms with E-state index in [1.807, 2.05) is 0 Å². The molecule has 1 unspecified atom stereocenters. The highest BCUT2D eigenvalue weighted by atomic mass is 16.6. The van der Waals surface area contributed by atoms with Crippen molar-refractivity contribution in [2.45, 2.75) is 38.1 Å². The first kappa shape index (κ1) is 10.8. The number of rotatable bonds is 3. The molecule has 0 bridgehead atoms. The number of hydrogen-bond acceptors (Lipinski definition) is 5. The van der Waals surface area contributed by atoms with Gasteiger partial charge in [-0.25, -0.2) is 4.79 Å². The average Bonchev–Trinajstić information content (AvgIpc) is 2.49. The van der Waals surface area contributed by atoms with E-state index in [1.54, 1.807) is 0 Å². The van der Waals surface area contributed by atoms with E-state index in [2.05, 4.69) is 9.68 Å². The van der Waals surface area contributed by atoms with Crippen molar-refractivity contribution >= 4 is 0 Å². The summed E-state index contributed by atoms with van der Waals surface area (Å²) in [5.74, 6) is 0.126. The summed E-state index contributed by atoms with van der Waals surface area (Å²) in [6.07, 6.45) is 3.76. The van der Waals surface area contributed by atoms with Gasteiger partial charge < -0.3 is 0 Å². The van der Waals surface area contributed by atoms with Crippen LogP contribution in [0.25, 0.3) is 0 Å². The molecule has 0 fully saturated rings. The highest BCUT2D eigenvalue weighted by Gasteiger charge is 2.24. The molecule has 1 atom stereocenters. The Kier molecular flexibility index (Phi) is 3.02. The third-order valence-electron chi connectivity index (χ3n) is 2.90. The fourth-order valence-corrected chi connectivity index (χ4v) is 2.13. The van der Waals surface area contributed by atoms with Crippen LogP contribution in [-0.4, -0.2) is 21.2 Å². The second kappa shape index (κ2) is 4.46. The van der Waals surface area contributed by atoms with E-state index in [0.29, 0.717) is 18.7 Å². The van der Waals surface area contributed by atoms with E-state index in [0.717, 1.165) is 19.3 Å². The normalized spacial score (nSPS) is 20.1. The van der Waals surface area contributed by atoms with Gasteiger partial charge in [0.1, 0.15) is 0 Å². The van der Waals surface area contributed by atoms with Crippen molar-refractivity contribution in [1.82, 2.24) is 9.72 Å². The lowest BCUT2D eigenvalue weighted by Crippen LogP contribution is -2.23. The third-order valence-corrected chi connectivity index (χ3v) is 2.90. The molecule has 1 aliphatic heterocycles. The summed E-state index contributed by atoms with van der Waals surface area (Å²) in [6.45, 7) is -0.123. The van der Waals surface area contributed by atoms with Crippen molar-refractivity contribution in [3.8, 4) is 0 Å². The predicted molar refractivity (Wildman–Crippen MR) is 53.8 cm³/mol. The molecule has 0 radical (unpaired) electrons. The van der Waals surface area contributed by atoms with Gasteiger partial charge in [-0.2, -0.15) is 0 Å². The summed E-state index contributed by atoms with van der Waals surface area (Å²) in [4.78, 5) is 21.4. The Morgan fingerprint density at radius 2 is 2.38 bits per heavy atom. The van der Waals surface area contributed by atoms with Crippen LogP contribution in [0.5, 0.6) is 0 Å². The van der Waals surface area contributed by atoms with Crippen molar-refractivity contribution in [1.29, 1.82) is 0 Å². The molecule has 1 aromatic rings. The van der Waals surface area contributed by atoms with Crippen molar-refractivity contribution in [3.63, 3.8) is 0 Å². The largest absolute Gasteiger partial charge is 0.441 e. The molecule has 0 aromatic carbocycles. The molecule has 1 aromatic heterocycles. The fraction of sp³-hybridized carbons (Fsp3) is 0.778. The van der Waals surface area contributed by atoms with Crippen LogP contribution < -0.4 is 5.76 Å². The highest BCUT2D eigenvalue weighted by Crippen LogP contribution is 2.23. The Morgan fingerprint density at radius 3 is 3.12 bits per heavy atom. The quantitative estimate of drug-likeness (QED) is 0.561. The Bertz CT molecular complexity index is 436. The molecule has 0 N–H and O–H groups in total. The highest BCUT2D eigenvalue weighted by molar-refractivity contribution is 4.91. The molecule has 1 aliphatic rings. The molecular formula is C9H13N3O4. The predicted octanol–water partition coefficient (Wildman–Crippen LogP) is 0.771. The first-order chi connectivity index (χ1) is 7.68. The number of nitrogens with zero attached hydrogens (tertiary/aromatic N) is 3. The lowest BCUT2D eigenvalue weighted by Gasteiger charge is -2.12. The second-order valence-electron chi connectivity index (χ2n) is 3.98. The smallest absolute Gasteiger partial charge is 0.296 e. The number of fused-ring (bicyclic) bond motifs is 1. The van der Waals surface area contributed by atoms with Gasteiger partial charge >= 0.3 is 5.76 Å². The molecule has 7 heteroatoms. The minimum Gasteiger partial charge on any atom is -0.296 e. The molecule has 0 saturated carbocycles. The average molecular weight is 227 g/mol. The summed E-state index contributed by atoms with van der Waals surface area (Å²) < 4.78 is 6.08. The van der Waals surface area contributed by atoms with Crippen molar-refractivity contribution < 1.29 is 9.45 Å². The molecule has 2 rings (SSSR count). The van der Waals surface area contributed by atoms with Gasteiger partial charge in [0.05, 0.1) is 0 Å². The number of hydrogen-bond donors (Lipinski definition) is 0. The van der Waals surface area contributed by atoms with Crippen LogP contribution in [0.2, 0.25) is 0 Å². The molecule has 0 amide bonds. The maximum atomic E-state index is 11.4. The zero-order valence-electron chi connectivity index (χ0n) is 8.79. The molecular weight excluding hydrogens is 214 g/mol. The molecule has 16 heavy (non-hydrogen) atoms. The molecule has 0 saturated heterocycles. The van der Waals surface area contributed by atoms with E-state index >= 15 is 0 Å². The van der Waals surface area contributed by atoms with Crippen molar-refractivity contribution in [2.75, 3.05) is 6.54 Å². The molecule has 2 heterocycles. The monoisotopic (exact) mass is 227 g/mol. The SMILES string of the molecule is O=c1onc2n1C(CC[N+](=O)[O-])CCCC2. The van der Waals surface area contributed by atoms with E-state index in [-0.39, 0.29) is 17.5 Å². The molecule has 7 nitrogen and oxygen atoms in total. The summed E-state index contributed by atoms with van der Waals surface area (Å²) in [6, 6.07) is -0.137. The van der Waals surface area contributed by atoms with Gasteiger partial charge in [-0.1, -0.05) is 11.6 Å². The van der Waals surface area contributed by atoms with E-state index < -0.39 is 5.76 Å². The summed E-state index contributed by atoms with van der Waals surface area (Å²) in [5.41, 5.74) is 0. The van der Waals surface area contributed by atoms with E-state index in [1.165, 1.54) is 4.57 Å². The zero-order chi connectivity index (χ0) is 11.5. The van der Waals surface area contributed by atoms with Gasteiger partial charge in [0.25, 0.3) is 0 Å². The third kappa shape index (κ3) is 2.12. The minimum atomic E-state index is -0.495. The lowest BCUT2D eigenvalue weighted by molar-refractivity contribution is -0.481. The molecule has 0 spiro atoms. The van der Waals surface area contributed by atoms with Gasteiger partial charge in [0.15, 0.2) is 5.82 Å².